The third-order valence-electron chi connectivity index (χ3n) is 3.82. The van der Waals surface area contributed by atoms with Crippen molar-refractivity contribution < 1.29 is 0 Å². The fourth-order valence-electron chi connectivity index (χ4n) is 2.78. The molecular weight excluding hydrogens is 250 g/mol. The van der Waals surface area contributed by atoms with E-state index in [1.807, 2.05) is 6.08 Å². The van der Waals surface area contributed by atoms with Gasteiger partial charge < -0.3 is 10.6 Å². The van der Waals surface area contributed by atoms with Crippen LogP contribution in [0, 0.1) is 11.3 Å². The number of nitrogens with one attached hydrogen (secondary N) is 1. The molecule has 1 fully saturated rings. The van der Waals surface area contributed by atoms with Gasteiger partial charge >= 0.3 is 0 Å². The third kappa shape index (κ3) is 2.91. The van der Waals surface area contributed by atoms with E-state index in [2.05, 4.69) is 35.0 Å². The predicted octanol–water partition coefficient (Wildman–Crippen LogP) is 1.63. The highest BCUT2D eigenvalue weighted by Gasteiger charge is 2.35. The summed E-state index contributed by atoms with van der Waals surface area (Å²) in [5, 5.41) is 13.2. The number of nitrogens with two attached hydrogens (primary N) is 1. The van der Waals surface area contributed by atoms with Crippen LogP contribution < -0.4 is 11.2 Å². The molecule has 2 aliphatic rings. The Morgan fingerprint density at radius 2 is 2.45 bits per heavy atom. The molecule has 0 bridgehead atoms. The summed E-state index contributed by atoms with van der Waals surface area (Å²) in [6.07, 6.45) is 8.20. The molecule has 0 aromatic carbocycles. The van der Waals surface area contributed by atoms with Gasteiger partial charge in [0.05, 0.1) is 5.57 Å². The van der Waals surface area contributed by atoms with Gasteiger partial charge in [-0.3, -0.25) is 5.43 Å². The molecule has 106 valence electrons. The Morgan fingerprint density at radius 1 is 1.65 bits per heavy atom. The van der Waals surface area contributed by atoms with Crippen molar-refractivity contribution in [2.24, 2.45) is 10.8 Å². The molecule has 2 aliphatic heterocycles. The van der Waals surface area contributed by atoms with Crippen LogP contribution in [0.1, 0.15) is 26.2 Å². The lowest BCUT2D eigenvalue weighted by molar-refractivity contribution is 0.362. The van der Waals surface area contributed by atoms with E-state index in [4.69, 9.17) is 5.73 Å². The van der Waals surface area contributed by atoms with Crippen LogP contribution in [-0.2, 0) is 0 Å². The Kier molecular flexibility index (Phi) is 4.26. The van der Waals surface area contributed by atoms with Crippen LogP contribution in [0.3, 0.4) is 0 Å². The Bertz CT molecular complexity index is 523. The fourth-order valence-corrected chi connectivity index (χ4v) is 2.78. The van der Waals surface area contributed by atoms with E-state index in [9.17, 15) is 5.26 Å². The molecular formula is C15H21N5. The summed E-state index contributed by atoms with van der Waals surface area (Å²) in [6.45, 7) is 7.89. The van der Waals surface area contributed by atoms with Gasteiger partial charge in [-0.2, -0.15) is 10.4 Å². The second-order valence-electron chi connectivity index (χ2n) is 5.39. The molecule has 2 heterocycles. The first-order valence-corrected chi connectivity index (χ1v) is 6.92. The van der Waals surface area contributed by atoms with Gasteiger partial charge in [-0.25, -0.2) is 0 Å². The van der Waals surface area contributed by atoms with Crippen LogP contribution in [-0.4, -0.2) is 29.7 Å². The van der Waals surface area contributed by atoms with E-state index < -0.39 is 0 Å². The van der Waals surface area contributed by atoms with Crippen molar-refractivity contribution in [3.8, 4) is 6.07 Å². The molecule has 5 nitrogen and oxygen atoms in total. The average Bonchev–Trinajstić information content (AvgIpc) is 2.77. The Morgan fingerprint density at radius 3 is 3.15 bits per heavy atom. The largest absolute Gasteiger partial charge is 0.369 e. The molecule has 5 heteroatoms. The number of nitrogens with zero attached hydrogens (tertiary/aromatic N) is 3. The van der Waals surface area contributed by atoms with Crippen LogP contribution in [0.5, 0.6) is 0 Å². The fraction of sp³-hybridized carbons (Fsp3) is 0.467. The highest BCUT2D eigenvalue weighted by atomic mass is 15.3. The molecule has 1 atom stereocenters. The van der Waals surface area contributed by atoms with Gasteiger partial charge in [0.2, 0.25) is 0 Å². The van der Waals surface area contributed by atoms with Crippen LogP contribution in [0.15, 0.2) is 40.8 Å². The van der Waals surface area contributed by atoms with Crippen LogP contribution in [0.4, 0.5) is 0 Å². The summed E-state index contributed by atoms with van der Waals surface area (Å²) < 4.78 is 0. The first-order chi connectivity index (χ1) is 9.59. The summed E-state index contributed by atoms with van der Waals surface area (Å²) in [5.74, 6) is 0. The van der Waals surface area contributed by atoms with Crippen molar-refractivity contribution in [2.45, 2.75) is 31.7 Å². The van der Waals surface area contributed by atoms with Gasteiger partial charge in [-0.1, -0.05) is 19.9 Å². The zero-order valence-corrected chi connectivity index (χ0v) is 11.9. The van der Waals surface area contributed by atoms with Gasteiger partial charge in [0.25, 0.3) is 0 Å². The third-order valence-corrected chi connectivity index (χ3v) is 3.82. The number of hydrogen-bond donors (Lipinski definition) is 2. The van der Waals surface area contributed by atoms with E-state index in [-0.39, 0.29) is 5.54 Å². The first-order valence-electron chi connectivity index (χ1n) is 6.92. The molecule has 0 aromatic rings. The molecule has 1 saturated heterocycles. The lowest BCUT2D eigenvalue weighted by Gasteiger charge is -2.27. The molecule has 2 rings (SSSR count). The monoisotopic (exact) mass is 271 g/mol. The van der Waals surface area contributed by atoms with Crippen molar-refractivity contribution >= 4 is 6.21 Å². The first kappa shape index (κ1) is 14.4. The molecule has 0 radical (unpaired) electrons. The van der Waals surface area contributed by atoms with Crippen molar-refractivity contribution in [1.29, 1.82) is 5.26 Å². The lowest BCUT2D eigenvalue weighted by Crippen LogP contribution is -2.42. The normalized spacial score (nSPS) is 30.4. The van der Waals surface area contributed by atoms with Crippen LogP contribution in [0.2, 0.25) is 0 Å². The predicted molar refractivity (Wildman–Crippen MR) is 80.6 cm³/mol. The average molecular weight is 271 g/mol. The smallest absolute Gasteiger partial charge is 0.101 e. The van der Waals surface area contributed by atoms with Crippen molar-refractivity contribution in [2.75, 3.05) is 13.1 Å². The van der Waals surface area contributed by atoms with E-state index in [0.29, 0.717) is 11.1 Å². The minimum Gasteiger partial charge on any atom is -0.369 e. The summed E-state index contributed by atoms with van der Waals surface area (Å²) in [6, 6.07) is 2.15. The molecule has 20 heavy (non-hydrogen) atoms. The second-order valence-corrected chi connectivity index (χ2v) is 5.39. The molecule has 0 amide bonds. The molecule has 0 saturated carbocycles. The number of rotatable bonds is 3. The quantitative estimate of drug-likeness (QED) is 0.818. The Hall–Kier alpha value is -2.06. The molecule has 1 unspecified atom stereocenters. The van der Waals surface area contributed by atoms with E-state index in [1.165, 1.54) is 0 Å². The van der Waals surface area contributed by atoms with Crippen LogP contribution in [0.25, 0.3) is 0 Å². The van der Waals surface area contributed by atoms with Gasteiger partial charge in [-0.15, -0.1) is 0 Å². The highest BCUT2D eigenvalue weighted by molar-refractivity contribution is 5.75. The van der Waals surface area contributed by atoms with Crippen LogP contribution >= 0.6 is 0 Å². The van der Waals surface area contributed by atoms with E-state index in [1.54, 1.807) is 12.4 Å². The van der Waals surface area contributed by atoms with Crippen molar-refractivity contribution in [3.63, 3.8) is 0 Å². The molecule has 3 N–H and O–H groups in total. The number of hydrazone groups is 1. The van der Waals surface area contributed by atoms with Gasteiger partial charge in [0, 0.05) is 42.3 Å². The molecule has 0 aliphatic carbocycles. The minimum atomic E-state index is -0.135. The number of allylic oxidation sites excluding steroid dienone is 2. The minimum absolute atomic E-state index is 0.135. The number of likely N-dealkylation sites (tertiary alicyclic amines) is 1. The summed E-state index contributed by atoms with van der Waals surface area (Å²) in [5.41, 5.74) is 11.1. The lowest BCUT2D eigenvalue weighted by atomic mass is 9.94. The number of nitriles is 1. The van der Waals surface area contributed by atoms with E-state index >= 15 is 0 Å². The van der Waals surface area contributed by atoms with Gasteiger partial charge in [0.15, 0.2) is 0 Å². The maximum absolute atomic E-state index is 9.18. The Balaban J connectivity index is 2.22. The van der Waals surface area contributed by atoms with Crippen molar-refractivity contribution in [1.82, 2.24) is 10.3 Å². The highest BCUT2D eigenvalue weighted by Crippen LogP contribution is 2.30. The topological polar surface area (TPSA) is 77.4 Å². The number of hydrogen-bond acceptors (Lipinski definition) is 5. The zero-order valence-electron chi connectivity index (χ0n) is 11.9. The summed E-state index contributed by atoms with van der Waals surface area (Å²) in [7, 11) is 0. The maximum atomic E-state index is 9.18. The van der Waals surface area contributed by atoms with Gasteiger partial charge in [-0.05, 0) is 18.9 Å². The maximum Gasteiger partial charge on any atom is 0.101 e. The zero-order chi connectivity index (χ0) is 14.6. The van der Waals surface area contributed by atoms with E-state index in [0.717, 1.165) is 38.0 Å². The summed E-state index contributed by atoms with van der Waals surface area (Å²) >= 11 is 0. The second kappa shape index (κ2) is 5.93. The summed E-state index contributed by atoms with van der Waals surface area (Å²) in [4.78, 5) is 2.21. The standard InChI is InChI=1S/C15H21N5/c1-3-5-15(17)6-8-20(11-15)14-4-7-18-19-10-13(9-16)12(14)2/h4,7,10,19H,2-3,5-6,8,11,17H2,1H3/b13-10-,14-4?,18-7-. The molecule has 0 aromatic heterocycles. The molecule has 0 spiro atoms. The van der Waals surface area contributed by atoms with Gasteiger partial charge in [0.1, 0.15) is 6.07 Å². The Labute approximate surface area is 120 Å². The van der Waals surface area contributed by atoms with Crippen molar-refractivity contribution in [3.05, 3.63) is 35.7 Å². The SMILES string of the molecule is C=C1C(N2CCC(N)(CCC)C2)=C/C=N\N/C=C\1C#N.